The second-order valence-corrected chi connectivity index (χ2v) is 4.74. The predicted molar refractivity (Wildman–Crippen MR) is 57.2 cm³/mol. The molecule has 0 amide bonds. The SMILES string of the molecule is Cc1cnnc(NC(C)(C)C2CC2)c1. The Morgan fingerprint density at radius 3 is 2.71 bits per heavy atom. The largest absolute Gasteiger partial charge is 0.363 e. The van der Waals surface area contributed by atoms with Gasteiger partial charge in [0.2, 0.25) is 0 Å². The number of rotatable bonds is 3. The molecule has 1 heterocycles. The van der Waals surface area contributed by atoms with Gasteiger partial charge in [-0.2, -0.15) is 5.10 Å². The fourth-order valence-corrected chi connectivity index (χ4v) is 1.76. The van der Waals surface area contributed by atoms with E-state index in [2.05, 4.69) is 29.4 Å². The lowest BCUT2D eigenvalue weighted by atomic mass is 9.99. The van der Waals surface area contributed by atoms with Gasteiger partial charge in [-0.25, -0.2) is 0 Å². The van der Waals surface area contributed by atoms with Gasteiger partial charge in [-0.15, -0.1) is 5.10 Å². The Kier molecular flexibility index (Phi) is 2.17. The number of aryl methyl sites for hydroxylation is 1. The molecular weight excluding hydrogens is 174 g/mol. The highest BCUT2D eigenvalue weighted by Crippen LogP contribution is 2.40. The van der Waals surface area contributed by atoms with Crippen molar-refractivity contribution < 1.29 is 0 Å². The normalized spacial score (nSPS) is 16.8. The molecule has 1 aliphatic carbocycles. The maximum atomic E-state index is 4.07. The molecule has 0 aromatic carbocycles. The summed E-state index contributed by atoms with van der Waals surface area (Å²) in [6, 6.07) is 2.04. The summed E-state index contributed by atoms with van der Waals surface area (Å²) in [5, 5.41) is 11.5. The Labute approximate surface area is 84.9 Å². The number of aromatic nitrogens is 2. The predicted octanol–water partition coefficient (Wildman–Crippen LogP) is 2.39. The molecule has 3 heteroatoms. The average Bonchev–Trinajstić information content (AvgIpc) is 2.84. The van der Waals surface area contributed by atoms with E-state index in [1.165, 1.54) is 12.8 Å². The van der Waals surface area contributed by atoms with Crippen molar-refractivity contribution in [3.05, 3.63) is 17.8 Å². The second-order valence-electron chi connectivity index (χ2n) is 4.74. The van der Waals surface area contributed by atoms with Crippen molar-refractivity contribution in [1.29, 1.82) is 0 Å². The molecule has 0 radical (unpaired) electrons. The van der Waals surface area contributed by atoms with Gasteiger partial charge in [-0.1, -0.05) is 0 Å². The van der Waals surface area contributed by atoms with Crippen LogP contribution in [0.5, 0.6) is 0 Å². The third-order valence-electron chi connectivity index (χ3n) is 2.84. The van der Waals surface area contributed by atoms with Crippen molar-refractivity contribution in [3.8, 4) is 0 Å². The van der Waals surface area contributed by atoms with E-state index in [1.54, 1.807) is 6.20 Å². The van der Waals surface area contributed by atoms with Gasteiger partial charge in [0.25, 0.3) is 0 Å². The number of anilines is 1. The molecule has 3 nitrogen and oxygen atoms in total. The highest BCUT2D eigenvalue weighted by atomic mass is 15.2. The lowest BCUT2D eigenvalue weighted by molar-refractivity contribution is 0.491. The van der Waals surface area contributed by atoms with E-state index >= 15 is 0 Å². The van der Waals surface area contributed by atoms with Gasteiger partial charge in [0, 0.05) is 5.54 Å². The Bertz CT molecular complexity index is 329. The average molecular weight is 191 g/mol. The zero-order valence-corrected chi connectivity index (χ0v) is 9.04. The lowest BCUT2D eigenvalue weighted by Gasteiger charge is -2.26. The van der Waals surface area contributed by atoms with E-state index in [0.717, 1.165) is 17.3 Å². The molecule has 0 bridgehead atoms. The number of nitrogens with one attached hydrogen (secondary N) is 1. The summed E-state index contributed by atoms with van der Waals surface area (Å²) < 4.78 is 0. The molecule has 1 aromatic heterocycles. The summed E-state index contributed by atoms with van der Waals surface area (Å²) >= 11 is 0. The molecule has 1 aromatic rings. The molecule has 2 rings (SSSR count). The fraction of sp³-hybridized carbons (Fsp3) is 0.636. The van der Waals surface area contributed by atoms with Crippen LogP contribution in [0.3, 0.4) is 0 Å². The highest BCUT2D eigenvalue weighted by Gasteiger charge is 2.37. The first kappa shape index (κ1) is 9.44. The van der Waals surface area contributed by atoms with E-state index < -0.39 is 0 Å². The maximum absolute atomic E-state index is 4.07. The Balaban J connectivity index is 2.09. The molecule has 0 unspecified atom stereocenters. The van der Waals surface area contributed by atoms with Crippen molar-refractivity contribution in [2.45, 2.75) is 39.2 Å². The van der Waals surface area contributed by atoms with Crippen LogP contribution in [0.15, 0.2) is 12.3 Å². The Morgan fingerprint density at radius 1 is 1.43 bits per heavy atom. The minimum Gasteiger partial charge on any atom is -0.363 e. The summed E-state index contributed by atoms with van der Waals surface area (Å²) in [4.78, 5) is 0. The van der Waals surface area contributed by atoms with E-state index in [1.807, 2.05) is 13.0 Å². The third-order valence-corrected chi connectivity index (χ3v) is 2.84. The van der Waals surface area contributed by atoms with E-state index in [4.69, 9.17) is 0 Å². The quantitative estimate of drug-likeness (QED) is 0.797. The molecule has 76 valence electrons. The van der Waals surface area contributed by atoms with Crippen LogP contribution >= 0.6 is 0 Å². The summed E-state index contributed by atoms with van der Waals surface area (Å²) in [6.07, 6.45) is 4.44. The first-order valence-corrected chi connectivity index (χ1v) is 5.15. The van der Waals surface area contributed by atoms with Gasteiger partial charge in [-0.05, 0) is 51.2 Å². The lowest BCUT2D eigenvalue weighted by Crippen LogP contribution is -2.33. The standard InChI is InChI=1S/C11H17N3/c1-8-6-10(14-12-7-8)13-11(2,3)9-4-5-9/h6-7,9H,4-5H2,1-3H3,(H,13,14). The van der Waals surface area contributed by atoms with Crippen molar-refractivity contribution >= 4 is 5.82 Å². The van der Waals surface area contributed by atoms with Gasteiger partial charge in [0.15, 0.2) is 0 Å². The van der Waals surface area contributed by atoms with Crippen molar-refractivity contribution in [2.24, 2.45) is 5.92 Å². The molecule has 0 saturated heterocycles. The topological polar surface area (TPSA) is 37.8 Å². The van der Waals surface area contributed by atoms with Gasteiger partial charge in [0.1, 0.15) is 5.82 Å². The number of hydrogen-bond donors (Lipinski definition) is 1. The minimum absolute atomic E-state index is 0.155. The molecule has 0 aliphatic heterocycles. The van der Waals surface area contributed by atoms with Gasteiger partial charge < -0.3 is 5.32 Å². The molecule has 14 heavy (non-hydrogen) atoms. The molecule has 1 aliphatic rings. The van der Waals surface area contributed by atoms with Crippen LogP contribution in [0.25, 0.3) is 0 Å². The molecule has 1 N–H and O–H groups in total. The molecular formula is C11H17N3. The van der Waals surface area contributed by atoms with E-state index in [-0.39, 0.29) is 5.54 Å². The number of hydrogen-bond acceptors (Lipinski definition) is 3. The summed E-state index contributed by atoms with van der Waals surface area (Å²) in [7, 11) is 0. The van der Waals surface area contributed by atoms with Crippen LogP contribution in [0.1, 0.15) is 32.3 Å². The van der Waals surface area contributed by atoms with Crippen molar-refractivity contribution in [2.75, 3.05) is 5.32 Å². The highest BCUT2D eigenvalue weighted by molar-refractivity contribution is 5.38. The van der Waals surface area contributed by atoms with Gasteiger partial charge >= 0.3 is 0 Å². The molecule has 1 saturated carbocycles. The van der Waals surface area contributed by atoms with Crippen LogP contribution in [0.4, 0.5) is 5.82 Å². The van der Waals surface area contributed by atoms with Gasteiger partial charge in [-0.3, -0.25) is 0 Å². The zero-order valence-electron chi connectivity index (χ0n) is 9.04. The zero-order chi connectivity index (χ0) is 10.2. The smallest absolute Gasteiger partial charge is 0.149 e. The summed E-state index contributed by atoms with van der Waals surface area (Å²) in [5.41, 5.74) is 1.30. The van der Waals surface area contributed by atoms with Gasteiger partial charge in [0.05, 0.1) is 6.20 Å². The first-order valence-electron chi connectivity index (χ1n) is 5.15. The second kappa shape index (κ2) is 3.23. The van der Waals surface area contributed by atoms with Crippen LogP contribution < -0.4 is 5.32 Å². The Morgan fingerprint density at radius 2 is 2.14 bits per heavy atom. The van der Waals surface area contributed by atoms with Crippen molar-refractivity contribution in [1.82, 2.24) is 10.2 Å². The van der Waals surface area contributed by atoms with E-state index in [9.17, 15) is 0 Å². The summed E-state index contributed by atoms with van der Waals surface area (Å²) in [5.74, 6) is 1.69. The molecule has 0 atom stereocenters. The van der Waals surface area contributed by atoms with E-state index in [0.29, 0.717) is 0 Å². The van der Waals surface area contributed by atoms with Crippen LogP contribution in [0.2, 0.25) is 0 Å². The Hall–Kier alpha value is -1.12. The molecule has 0 spiro atoms. The maximum Gasteiger partial charge on any atom is 0.149 e. The fourth-order valence-electron chi connectivity index (χ4n) is 1.76. The van der Waals surface area contributed by atoms with Crippen LogP contribution in [-0.4, -0.2) is 15.7 Å². The van der Waals surface area contributed by atoms with Crippen LogP contribution in [0, 0.1) is 12.8 Å². The first-order chi connectivity index (χ1) is 6.58. The monoisotopic (exact) mass is 191 g/mol. The molecule has 1 fully saturated rings. The van der Waals surface area contributed by atoms with Crippen LogP contribution in [-0.2, 0) is 0 Å². The minimum atomic E-state index is 0.155. The summed E-state index contributed by atoms with van der Waals surface area (Å²) in [6.45, 7) is 6.49. The van der Waals surface area contributed by atoms with Crippen molar-refractivity contribution in [3.63, 3.8) is 0 Å². The third kappa shape index (κ3) is 2.03. The number of nitrogens with zero attached hydrogens (tertiary/aromatic N) is 2.